The van der Waals surface area contributed by atoms with Gasteiger partial charge in [-0.15, -0.1) is 11.3 Å². The minimum absolute atomic E-state index is 0.156. The van der Waals surface area contributed by atoms with Crippen molar-refractivity contribution < 1.29 is 22.4 Å². The fourth-order valence-corrected chi connectivity index (χ4v) is 5.02. The van der Waals surface area contributed by atoms with Crippen LogP contribution in [0.3, 0.4) is 0 Å². The van der Waals surface area contributed by atoms with E-state index in [1.165, 1.54) is 29.5 Å². The smallest absolute Gasteiger partial charge is 0.320 e. The lowest BCUT2D eigenvalue weighted by molar-refractivity contribution is 0.0939. The summed E-state index contributed by atoms with van der Waals surface area (Å²) in [4.78, 5) is 23.8. The molecule has 2 heterocycles. The summed E-state index contributed by atoms with van der Waals surface area (Å²) in [5.41, 5.74) is 4.42. The number of carbonyl (C=O) groups is 2. The van der Waals surface area contributed by atoms with Gasteiger partial charge in [0.25, 0.3) is 5.91 Å². The summed E-state index contributed by atoms with van der Waals surface area (Å²) in [5.74, 6) is -1.33. The second kappa shape index (κ2) is 8.03. The van der Waals surface area contributed by atoms with Gasteiger partial charge in [-0.2, -0.15) is 4.31 Å². The molecule has 1 aliphatic rings. The van der Waals surface area contributed by atoms with Gasteiger partial charge in [-0.1, -0.05) is 18.2 Å². The Morgan fingerprint density at radius 1 is 1.15 bits per heavy atom. The van der Waals surface area contributed by atoms with E-state index in [0.717, 1.165) is 10.4 Å². The summed E-state index contributed by atoms with van der Waals surface area (Å²) < 4.78 is 40.4. The number of nitrogens with one attached hydrogen (secondary N) is 3. The average Bonchev–Trinajstić information content (AvgIpc) is 3.32. The van der Waals surface area contributed by atoms with Crippen molar-refractivity contribution >= 4 is 33.3 Å². The van der Waals surface area contributed by atoms with Crippen molar-refractivity contribution in [2.75, 3.05) is 6.54 Å². The molecule has 0 aliphatic carbocycles. The molecule has 1 aromatic heterocycles. The van der Waals surface area contributed by atoms with E-state index in [4.69, 9.17) is 0 Å². The molecule has 2 aromatic rings. The van der Waals surface area contributed by atoms with Gasteiger partial charge in [0, 0.05) is 6.54 Å². The molecule has 1 fully saturated rings. The van der Waals surface area contributed by atoms with E-state index < -0.39 is 38.8 Å². The van der Waals surface area contributed by atoms with Gasteiger partial charge in [0.15, 0.2) is 0 Å². The molecular formula is C16H17FN4O4S2. The third-order valence-electron chi connectivity index (χ3n) is 3.96. The van der Waals surface area contributed by atoms with Crippen LogP contribution >= 0.6 is 11.3 Å². The molecular weight excluding hydrogens is 395 g/mol. The highest BCUT2D eigenvalue weighted by molar-refractivity contribution is 7.89. The molecule has 0 radical (unpaired) electrons. The first kappa shape index (κ1) is 19.3. The maximum atomic E-state index is 13.9. The van der Waals surface area contributed by atoms with Crippen LogP contribution in [0.2, 0.25) is 0 Å². The van der Waals surface area contributed by atoms with E-state index in [1.807, 2.05) is 0 Å². The zero-order chi connectivity index (χ0) is 19.4. The van der Waals surface area contributed by atoms with E-state index >= 15 is 0 Å². The lowest BCUT2D eigenvalue weighted by atomic mass is 10.3. The van der Waals surface area contributed by atoms with Crippen molar-refractivity contribution in [3.8, 4) is 0 Å². The molecule has 3 rings (SSSR count). The van der Waals surface area contributed by atoms with E-state index in [9.17, 15) is 22.4 Å². The molecule has 0 saturated carbocycles. The summed E-state index contributed by atoms with van der Waals surface area (Å²) in [6.07, 6.45) is 0.0495. The standard InChI is InChI=1S/C16H17FN4O4S2/c17-11-5-1-2-7-13(11)27(24,25)21-9-3-8-14(21)18-16(23)20-19-15(22)12-6-4-10-26-12/h1-2,4-7,10,14H,3,8-9H2,(H,19,22)(H2,18,20,23)/t14-/m0/s1. The van der Waals surface area contributed by atoms with Crippen molar-refractivity contribution in [3.05, 3.63) is 52.5 Å². The number of sulfonamides is 1. The molecule has 27 heavy (non-hydrogen) atoms. The Morgan fingerprint density at radius 2 is 1.93 bits per heavy atom. The molecule has 1 saturated heterocycles. The highest BCUT2D eigenvalue weighted by Crippen LogP contribution is 2.26. The summed E-state index contributed by atoms with van der Waals surface area (Å²) in [7, 11) is -4.10. The van der Waals surface area contributed by atoms with Crippen molar-refractivity contribution in [2.24, 2.45) is 0 Å². The largest absolute Gasteiger partial charge is 0.334 e. The number of nitrogens with zero attached hydrogens (tertiary/aromatic N) is 1. The number of halogens is 1. The maximum absolute atomic E-state index is 13.9. The summed E-state index contributed by atoms with van der Waals surface area (Å²) in [5, 5.41) is 4.21. The fourth-order valence-electron chi connectivity index (χ4n) is 2.72. The van der Waals surface area contributed by atoms with Crippen LogP contribution in [-0.2, 0) is 10.0 Å². The normalized spacial score (nSPS) is 17.4. The SMILES string of the molecule is O=C(NNC(=O)c1cccs1)N[C@@H]1CCCN1S(=O)(=O)c1ccccc1F. The Hall–Kier alpha value is -2.50. The minimum atomic E-state index is -4.10. The zero-order valence-electron chi connectivity index (χ0n) is 14.0. The van der Waals surface area contributed by atoms with Crippen molar-refractivity contribution in [3.63, 3.8) is 0 Å². The Morgan fingerprint density at radius 3 is 2.63 bits per heavy atom. The van der Waals surface area contributed by atoms with Crippen molar-refractivity contribution in [1.29, 1.82) is 0 Å². The number of thiophene rings is 1. The van der Waals surface area contributed by atoms with Crippen LogP contribution in [0, 0.1) is 5.82 Å². The number of urea groups is 1. The third-order valence-corrected chi connectivity index (χ3v) is 6.77. The van der Waals surface area contributed by atoms with Gasteiger partial charge in [0.2, 0.25) is 10.0 Å². The molecule has 0 spiro atoms. The Balaban J connectivity index is 1.63. The predicted molar refractivity (Wildman–Crippen MR) is 96.8 cm³/mol. The van der Waals surface area contributed by atoms with Crippen molar-refractivity contribution in [1.82, 2.24) is 20.5 Å². The lowest BCUT2D eigenvalue weighted by Crippen LogP contribution is -2.54. The number of hydrogen-bond acceptors (Lipinski definition) is 5. The maximum Gasteiger partial charge on any atom is 0.334 e. The number of amides is 3. The molecule has 3 amide bonds. The van der Waals surface area contributed by atoms with E-state index in [0.29, 0.717) is 17.7 Å². The number of hydrogen-bond donors (Lipinski definition) is 3. The van der Waals surface area contributed by atoms with Crippen LogP contribution in [0.25, 0.3) is 0 Å². The molecule has 11 heteroatoms. The van der Waals surface area contributed by atoms with Crippen LogP contribution in [0.15, 0.2) is 46.7 Å². The Bertz CT molecular complexity index is 934. The number of hydrazine groups is 1. The zero-order valence-corrected chi connectivity index (χ0v) is 15.6. The van der Waals surface area contributed by atoms with Gasteiger partial charge < -0.3 is 5.32 Å². The second-order valence-corrected chi connectivity index (χ2v) is 8.54. The summed E-state index contributed by atoms with van der Waals surface area (Å²) >= 11 is 1.21. The number of rotatable bonds is 4. The molecule has 0 unspecified atom stereocenters. The quantitative estimate of drug-likeness (QED) is 0.664. The highest BCUT2D eigenvalue weighted by atomic mass is 32.2. The van der Waals surface area contributed by atoms with Crippen LogP contribution in [0.5, 0.6) is 0 Å². The second-order valence-electron chi connectivity index (χ2n) is 5.73. The Labute approximate surface area is 159 Å². The first-order valence-electron chi connectivity index (χ1n) is 8.06. The molecule has 1 aromatic carbocycles. The van der Waals surface area contributed by atoms with Crippen LogP contribution in [0.1, 0.15) is 22.5 Å². The van der Waals surface area contributed by atoms with Gasteiger partial charge in [0.05, 0.1) is 11.0 Å². The van der Waals surface area contributed by atoms with Crippen LogP contribution in [0.4, 0.5) is 9.18 Å². The highest BCUT2D eigenvalue weighted by Gasteiger charge is 2.37. The summed E-state index contributed by atoms with van der Waals surface area (Å²) in [6.45, 7) is 0.156. The van der Waals surface area contributed by atoms with Gasteiger partial charge in [-0.3, -0.25) is 10.2 Å². The Kier molecular flexibility index (Phi) is 5.73. The molecule has 1 aliphatic heterocycles. The number of carbonyl (C=O) groups excluding carboxylic acids is 2. The molecule has 0 bridgehead atoms. The third kappa shape index (κ3) is 4.26. The minimum Gasteiger partial charge on any atom is -0.320 e. The first-order chi connectivity index (χ1) is 12.9. The van der Waals surface area contributed by atoms with Gasteiger partial charge in [-0.25, -0.2) is 23.0 Å². The predicted octanol–water partition coefficient (Wildman–Crippen LogP) is 1.64. The van der Waals surface area contributed by atoms with Gasteiger partial charge in [0.1, 0.15) is 10.7 Å². The number of benzene rings is 1. The van der Waals surface area contributed by atoms with Crippen LogP contribution < -0.4 is 16.2 Å². The first-order valence-corrected chi connectivity index (χ1v) is 10.4. The fraction of sp³-hybridized carbons (Fsp3) is 0.250. The van der Waals surface area contributed by atoms with E-state index in [2.05, 4.69) is 16.2 Å². The average molecular weight is 412 g/mol. The molecule has 1 atom stereocenters. The van der Waals surface area contributed by atoms with E-state index in [-0.39, 0.29) is 6.54 Å². The monoisotopic (exact) mass is 412 g/mol. The molecule has 8 nitrogen and oxygen atoms in total. The van der Waals surface area contributed by atoms with Crippen molar-refractivity contribution in [2.45, 2.75) is 23.9 Å². The molecule has 3 N–H and O–H groups in total. The van der Waals surface area contributed by atoms with E-state index in [1.54, 1.807) is 17.5 Å². The lowest BCUT2D eigenvalue weighted by Gasteiger charge is -2.25. The summed E-state index contributed by atoms with van der Waals surface area (Å²) in [6, 6.07) is 7.61. The van der Waals surface area contributed by atoms with Gasteiger partial charge >= 0.3 is 6.03 Å². The van der Waals surface area contributed by atoms with Crippen LogP contribution in [-0.4, -0.2) is 37.4 Å². The van der Waals surface area contributed by atoms with Gasteiger partial charge in [-0.05, 0) is 36.4 Å². The molecule has 144 valence electrons. The topological polar surface area (TPSA) is 108 Å².